The van der Waals surface area contributed by atoms with Gasteiger partial charge in [-0.2, -0.15) is 0 Å². The number of rotatable bonds is 9. The number of benzene rings is 1. The molecule has 1 aliphatic heterocycles. The van der Waals surface area contributed by atoms with Gasteiger partial charge in [0.2, 0.25) is 0 Å². The van der Waals surface area contributed by atoms with Gasteiger partial charge in [-0.3, -0.25) is 9.89 Å². The third-order valence-electron chi connectivity index (χ3n) is 6.06. The van der Waals surface area contributed by atoms with Crippen molar-refractivity contribution >= 4 is 11.8 Å². The molecule has 1 fully saturated rings. The Kier molecular flexibility index (Phi) is 9.16. The number of piperidine rings is 1. The minimum Gasteiger partial charge on any atom is -0.357 e. The quantitative estimate of drug-likeness (QED) is 0.477. The van der Waals surface area contributed by atoms with Gasteiger partial charge in [0.15, 0.2) is 5.96 Å². The minimum absolute atomic E-state index is 0.484. The van der Waals surface area contributed by atoms with E-state index in [-0.39, 0.29) is 0 Å². The number of hydrogen-bond donors (Lipinski definition) is 2. The Hall–Kier alpha value is -2.60. The predicted octanol–water partition coefficient (Wildman–Crippen LogP) is 3.65. The second-order valence-corrected chi connectivity index (χ2v) is 8.46. The zero-order valence-corrected chi connectivity index (χ0v) is 19.3. The van der Waals surface area contributed by atoms with Crippen LogP contribution in [0.1, 0.15) is 43.7 Å². The SMILES string of the molecule is CN=C(NCCC(C)N(C)Cc1ccccc1)NCc1ccnc(N2CCCCC2)c1. The molecule has 0 spiro atoms. The lowest BCUT2D eigenvalue weighted by molar-refractivity contribution is 0.238. The highest BCUT2D eigenvalue weighted by molar-refractivity contribution is 5.79. The summed E-state index contributed by atoms with van der Waals surface area (Å²) in [6.07, 6.45) is 6.83. The largest absolute Gasteiger partial charge is 0.357 e. The molecule has 3 rings (SSSR count). The summed E-state index contributed by atoms with van der Waals surface area (Å²) >= 11 is 0. The number of hydrogen-bond acceptors (Lipinski definition) is 4. The Morgan fingerprint density at radius 3 is 2.61 bits per heavy atom. The fourth-order valence-electron chi connectivity index (χ4n) is 3.92. The summed E-state index contributed by atoms with van der Waals surface area (Å²) in [5, 5.41) is 6.89. The molecule has 6 heteroatoms. The third kappa shape index (κ3) is 7.55. The molecule has 1 saturated heterocycles. The maximum absolute atomic E-state index is 4.57. The smallest absolute Gasteiger partial charge is 0.191 e. The average Bonchev–Trinajstić information content (AvgIpc) is 2.82. The number of nitrogens with one attached hydrogen (secondary N) is 2. The van der Waals surface area contributed by atoms with Gasteiger partial charge in [-0.1, -0.05) is 30.3 Å². The highest BCUT2D eigenvalue weighted by atomic mass is 15.2. The van der Waals surface area contributed by atoms with Gasteiger partial charge < -0.3 is 15.5 Å². The maximum Gasteiger partial charge on any atom is 0.191 e. The van der Waals surface area contributed by atoms with Crippen LogP contribution < -0.4 is 15.5 Å². The van der Waals surface area contributed by atoms with Crippen LogP contribution in [0.25, 0.3) is 0 Å². The molecule has 1 aromatic heterocycles. The normalized spacial score (nSPS) is 15.7. The summed E-state index contributed by atoms with van der Waals surface area (Å²) in [5.41, 5.74) is 2.58. The van der Waals surface area contributed by atoms with Crippen LogP contribution in [0.3, 0.4) is 0 Å². The van der Waals surface area contributed by atoms with Crippen molar-refractivity contribution in [2.45, 2.75) is 51.7 Å². The fraction of sp³-hybridized carbons (Fsp3) is 0.520. The molecule has 1 unspecified atom stereocenters. The summed E-state index contributed by atoms with van der Waals surface area (Å²) in [4.78, 5) is 13.7. The van der Waals surface area contributed by atoms with Crippen LogP contribution in [0.15, 0.2) is 53.7 Å². The van der Waals surface area contributed by atoms with Crippen LogP contribution in [0.2, 0.25) is 0 Å². The highest BCUT2D eigenvalue weighted by Crippen LogP contribution is 2.18. The minimum atomic E-state index is 0.484. The van der Waals surface area contributed by atoms with E-state index in [1.165, 1.54) is 30.4 Å². The molecule has 0 aliphatic carbocycles. The first-order valence-electron chi connectivity index (χ1n) is 11.5. The monoisotopic (exact) mass is 422 g/mol. The number of aliphatic imine (C=N–C) groups is 1. The molecule has 6 nitrogen and oxygen atoms in total. The molecule has 2 N–H and O–H groups in total. The van der Waals surface area contributed by atoms with Gasteiger partial charge in [0.25, 0.3) is 0 Å². The molecular formula is C25H38N6. The van der Waals surface area contributed by atoms with E-state index >= 15 is 0 Å². The van der Waals surface area contributed by atoms with Crippen LogP contribution in [0.5, 0.6) is 0 Å². The van der Waals surface area contributed by atoms with Crippen molar-refractivity contribution in [2.24, 2.45) is 4.99 Å². The van der Waals surface area contributed by atoms with Gasteiger partial charge >= 0.3 is 0 Å². The van der Waals surface area contributed by atoms with Crippen LogP contribution in [-0.2, 0) is 13.1 Å². The second-order valence-electron chi connectivity index (χ2n) is 8.46. The molecule has 1 atom stereocenters. The van der Waals surface area contributed by atoms with Crippen molar-refractivity contribution < 1.29 is 0 Å². The Labute approximate surface area is 187 Å². The summed E-state index contributed by atoms with van der Waals surface area (Å²) < 4.78 is 0. The Morgan fingerprint density at radius 2 is 1.87 bits per heavy atom. The van der Waals surface area contributed by atoms with Crippen molar-refractivity contribution in [1.29, 1.82) is 0 Å². The van der Waals surface area contributed by atoms with E-state index in [9.17, 15) is 0 Å². The summed E-state index contributed by atoms with van der Waals surface area (Å²) in [6.45, 7) is 7.10. The molecular weight excluding hydrogens is 384 g/mol. The van der Waals surface area contributed by atoms with E-state index in [2.05, 4.69) is 86.8 Å². The number of pyridine rings is 1. The lowest BCUT2D eigenvalue weighted by atomic mass is 10.1. The molecule has 1 aromatic carbocycles. The number of anilines is 1. The lowest BCUT2D eigenvalue weighted by Crippen LogP contribution is -2.39. The van der Waals surface area contributed by atoms with Crippen molar-refractivity contribution in [1.82, 2.24) is 20.5 Å². The number of nitrogens with zero attached hydrogens (tertiary/aromatic N) is 4. The Balaban J connectivity index is 1.40. The average molecular weight is 423 g/mol. The van der Waals surface area contributed by atoms with Crippen LogP contribution in [-0.4, -0.2) is 55.6 Å². The Morgan fingerprint density at radius 1 is 1.10 bits per heavy atom. The molecule has 168 valence electrons. The molecule has 2 heterocycles. The first kappa shape index (κ1) is 23.1. The van der Waals surface area contributed by atoms with Crippen molar-refractivity contribution in [3.8, 4) is 0 Å². The van der Waals surface area contributed by atoms with E-state index in [0.29, 0.717) is 6.04 Å². The number of aromatic nitrogens is 1. The molecule has 31 heavy (non-hydrogen) atoms. The van der Waals surface area contributed by atoms with E-state index in [4.69, 9.17) is 0 Å². The van der Waals surface area contributed by atoms with E-state index in [1.807, 2.05) is 13.2 Å². The summed E-state index contributed by atoms with van der Waals surface area (Å²) in [5.74, 6) is 1.94. The van der Waals surface area contributed by atoms with Gasteiger partial charge in [0, 0.05) is 52.0 Å². The van der Waals surface area contributed by atoms with Gasteiger partial charge in [0.05, 0.1) is 0 Å². The molecule has 0 saturated carbocycles. The van der Waals surface area contributed by atoms with Crippen LogP contribution >= 0.6 is 0 Å². The van der Waals surface area contributed by atoms with Crippen LogP contribution in [0, 0.1) is 0 Å². The van der Waals surface area contributed by atoms with Crippen LogP contribution in [0.4, 0.5) is 5.82 Å². The standard InChI is InChI=1S/C25H38N6/c1-21(30(3)20-22-10-6-4-7-11-22)12-14-28-25(26-2)29-19-23-13-15-27-24(18-23)31-16-8-5-9-17-31/h4,6-7,10-11,13,15,18,21H,5,8-9,12,14,16-17,19-20H2,1-3H3,(H2,26,28,29). The maximum atomic E-state index is 4.57. The van der Waals surface area contributed by atoms with Crippen molar-refractivity contribution in [3.63, 3.8) is 0 Å². The van der Waals surface area contributed by atoms with Gasteiger partial charge in [-0.05, 0) is 62.9 Å². The van der Waals surface area contributed by atoms with Gasteiger partial charge in [0.1, 0.15) is 5.82 Å². The molecule has 0 bridgehead atoms. The zero-order valence-electron chi connectivity index (χ0n) is 19.3. The van der Waals surface area contributed by atoms with Crippen molar-refractivity contribution in [3.05, 3.63) is 59.8 Å². The van der Waals surface area contributed by atoms with E-state index < -0.39 is 0 Å². The highest BCUT2D eigenvalue weighted by Gasteiger charge is 2.13. The molecule has 0 amide bonds. The zero-order chi connectivity index (χ0) is 21.9. The second kappa shape index (κ2) is 12.3. The summed E-state index contributed by atoms with van der Waals surface area (Å²) in [7, 11) is 4.01. The summed E-state index contributed by atoms with van der Waals surface area (Å²) in [6, 6.07) is 15.4. The van der Waals surface area contributed by atoms with E-state index in [1.54, 1.807) is 0 Å². The third-order valence-corrected chi connectivity index (χ3v) is 6.06. The fourth-order valence-corrected chi connectivity index (χ4v) is 3.92. The molecule has 1 aliphatic rings. The first-order chi connectivity index (χ1) is 15.2. The number of guanidine groups is 1. The molecule has 0 radical (unpaired) electrons. The molecule has 2 aromatic rings. The van der Waals surface area contributed by atoms with Gasteiger partial charge in [-0.15, -0.1) is 0 Å². The first-order valence-corrected chi connectivity index (χ1v) is 11.5. The topological polar surface area (TPSA) is 55.8 Å². The Bertz CT molecular complexity index is 801. The predicted molar refractivity (Wildman–Crippen MR) is 130 cm³/mol. The van der Waals surface area contributed by atoms with Gasteiger partial charge in [-0.25, -0.2) is 4.98 Å². The van der Waals surface area contributed by atoms with Crippen molar-refractivity contribution in [2.75, 3.05) is 38.6 Å². The van der Waals surface area contributed by atoms with E-state index in [0.717, 1.165) is 50.9 Å². The lowest BCUT2D eigenvalue weighted by Gasteiger charge is -2.28.